The van der Waals surface area contributed by atoms with Crippen molar-refractivity contribution in [1.29, 1.82) is 0 Å². The molecule has 8 saturated heterocycles. The van der Waals surface area contributed by atoms with Gasteiger partial charge in [0.15, 0.2) is 46.5 Å². The number of ketones is 1. The molecule has 31 nitrogen and oxygen atoms in total. The van der Waals surface area contributed by atoms with Gasteiger partial charge in [0.25, 0.3) is 5.91 Å². The van der Waals surface area contributed by atoms with E-state index in [1.54, 1.807) is 45.5 Å². The maximum absolute atomic E-state index is 14.0. The summed E-state index contributed by atoms with van der Waals surface area (Å²) in [5.41, 5.74) is -2.17. The number of carbonyl (C=O) groups is 13. The predicted molar refractivity (Wildman–Crippen MR) is 543 cm³/mol. The summed E-state index contributed by atoms with van der Waals surface area (Å²) >= 11 is 0. The van der Waals surface area contributed by atoms with Crippen molar-refractivity contribution in [3.8, 4) is 23.0 Å². The van der Waals surface area contributed by atoms with Crippen molar-refractivity contribution >= 4 is 76.9 Å². The van der Waals surface area contributed by atoms with E-state index in [-0.39, 0.29) is 223 Å². The van der Waals surface area contributed by atoms with Crippen molar-refractivity contribution in [1.82, 2.24) is 70.7 Å². The fraction of sp³-hybridized carbons (Fsp3) is 0.664. The summed E-state index contributed by atoms with van der Waals surface area (Å²) in [6, 6.07) is 7.57. The Morgan fingerprint density at radius 1 is 0.336 bits per heavy atom. The third kappa shape index (κ3) is 29.0. The molecule has 9 aliphatic rings. The smallest absolute Gasteiger partial charge is 0.319 e. The summed E-state index contributed by atoms with van der Waals surface area (Å²) in [4.78, 5) is 186. The van der Waals surface area contributed by atoms with Gasteiger partial charge in [0.05, 0.1) is 74.8 Å². The van der Waals surface area contributed by atoms with Crippen LogP contribution in [0, 0.1) is 121 Å². The summed E-state index contributed by atoms with van der Waals surface area (Å²) in [7, 11) is 3.36. The van der Waals surface area contributed by atoms with Gasteiger partial charge in [-0.2, -0.15) is 0 Å². The van der Waals surface area contributed by atoms with Crippen molar-refractivity contribution in [3.05, 3.63) is 119 Å². The lowest BCUT2D eigenvalue weighted by Crippen LogP contribution is -2.58. The fourth-order valence-electron chi connectivity index (χ4n) is 21.0. The molecule has 4 aromatic carbocycles. The van der Waals surface area contributed by atoms with Gasteiger partial charge >= 0.3 is 12.1 Å². The second-order valence-corrected chi connectivity index (χ2v) is 46.4. The van der Waals surface area contributed by atoms with Crippen LogP contribution in [0.2, 0.25) is 0 Å². The van der Waals surface area contributed by atoms with Crippen molar-refractivity contribution in [2.45, 2.75) is 302 Å². The van der Waals surface area contributed by atoms with Crippen LogP contribution < -0.4 is 45.5 Å². The Hall–Kier alpha value is -11.6. The lowest BCUT2D eigenvalue weighted by atomic mass is 9.84. The number of carbonyl (C=O) groups excluding carboxylic acids is 13. The second-order valence-electron chi connectivity index (χ2n) is 46.4. The average Bonchev–Trinajstić information content (AvgIpc) is 1.61. The first kappa shape index (κ1) is 119. The highest BCUT2D eigenvalue weighted by Crippen LogP contribution is 2.46. The molecular formula is C110H158F8N14O17. The molecule has 0 aromatic heterocycles. The van der Waals surface area contributed by atoms with E-state index < -0.39 is 110 Å². The number of Topliss-reactive ketones (excluding diaryl/α,β-unsaturated/α-hetero) is 1. The molecule has 0 radical (unpaired) electrons. The largest absolute Gasteiger partial charge is 0.493 e. The molecule has 8 aliphatic heterocycles. The molecule has 14 amide bonds. The monoisotopic (exact) mass is 2100 g/mol. The van der Waals surface area contributed by atoms with Crippen LogP contribution >= 0.6 is 0 Å². The predicted octanol–water partition coefficient (Wildman–Crippen LogP) is 14.1. The molecule has 4 aromatic rings. The third-order valence-electron chi connectivity index (χ3n) is 30.4. The first-order chi connectivity index (χ1) is 69.7. The first-order valence-corrected chi connectivity index (χ1v) is 52.6. The van der Waals surface area contributed by atoms with E-state index in [1.807, 2.05) is 155 Å². The molecule has 826 valence electrons. The van der Waals surface area contributed by atoms with Crippen LogP contribution in [-0.4, -0.2) is 292 Å². The van der Waals surface area contributed by atoms with Crippen LogP contribution in [0.4, 0.5) is 44.7 Å². The van der Waals surface area contributed by atoms with Crippen LogP contribution in [0.25, 0.3) is 0 Å². The summed E-state index contributed by atoms with van der Waals surface area (Å²) in [5, 5.41) is 14.8. The normalized spacial score (nSPS) is 23.4. The zero-order valence-corrected chi connectivity index (χ0v) is 91.2. The number of likely N-dealkylation sites (tertiary alicyclic amines) is 8. The molecule has 1 aliphatic carbocycles. The van der Waals surface area contributed by atoms with Gasteiger partial charge < -0.3 is 89.6 Å². The molecule has 0 unspecified atom stereocenters. The Balaban J connectivity index is 0.000000203. The van der Waals surface area contributed by atoms with E-state index in [1.165, 1.54) is 41.0 Å². The molecule has 1 saturated carbocycles. The Labute approximate surface area is 871 Å². The van der Waals surface area contributed by atoms with Gasteiger partial charge in [0.1, 0.15) is 47.2 Å². The lowest BCUT2D eigenvalue weighted by molar-refractivity contribution is -0.144. The van der Waals surface area contributed by atoms with Crippen LogP contribution in [0.3, 0.4) is 0 Å². The maximum Gasteiger partial charge on any atom is 0.319 e. The van der Waals surface area contributed by atoms with Crippen LogP contribution in [0.15, 0.2) is 72.8 Å². The quantitative estimate of drug-likeness (QED) is 0.0231. The number of nitrogens with zero attached hydrogens (tertiary/aromatic N) is 9. The minimum absolute atomic E-state index is 0.0249. The maximum atomic E-state index is 14.0. The molecule has 0 spiro atoms. The number of urea groups is 2. The average molecular weight is 2100 g/mol. The molecular weight excluding hydrogens is 1940 g/mol. The number of nitrogens with one attached hydrogen (secondary N) is 5. The SMILES string of the molecule is CC[C@@H](C)C(=O)N[C@H](C(=O)N1CC[C@@H]2[C@H]1[C@@H](COc1ccc(F)c(F)c1)CN2C(=O)C(C)=O)C(C)(C)C.CC[C@@H](C)C(=O)N[C@H](C(=O)N1CC[C@@H]2[C@H]1[C@@H](COc1ccc(F)c(F)c1)CN2C(=O)C1CC1)C(C)(C)C.CC[C@@H](C)C(=O)N[C@H](C(=O)N1CC[C@@H]2[C@H]1[C@@H](COc1ccc(F)c(F)c1)CN2C(=O)N(C)C)C(C)(C)C.CC[C@@H](C)C(=O)N[C@H](C(=O)N1CC[C@@H]2[C@H]1[C@@H](COc1ccc(F)c(F)c1)CN2C(=O)NC(C)C)C(C)(C)C. The molecule has 8 heterocycles. The minimum atomic E-state index is -1.04. The van der Waals surface area contributed by atoms with Crippen LogP contribution in [-0.2, 0) is 52.7 Å². The van der Waals surface area contributed by atoms with Gasteiger partial charge in [-0.25, -0.2) is 44.7 Å². The van der Waals surface area contributed by atoms with E-state index in [9.17, 15) is 97.5 Å². The van der Waals surface area contributed by atoms with Crippen molar-refractivity contribution in [3.63, 3.8) is 0 Å². The standard InChI is InChI=1S/C28H42F2N4O4.C28H39F2N3O4.C27H40F2N4O4.C27H37F2N3O5/c1-8-17(4)25(35)32-24(28(5,6)7)26(36)33-12-11-22-23(33)18(14-34(22)27(37)31-16(2)3)15-38-19-9-10-20(29)21(30)13-19;1-6-16(2)25(34)31-24(28(3,4)5)27(36)32-12-11-22-23(32)18(14-33(22)26(35)17-7-8-17)15-37-19-9-10-20(29)21(30)13-19;1-8-16(2)24(34)30-23(27(3,4)5)25(35)32-12-11-21-22(32)17(14-33(21)26(36)31(6)7)15-37-18-9-10-19(28)20(29)13-18;1-7-15(2)24(34)30-23(27(4,5)6)26(36)31-11-10-21-22(31)17(13-32(21)25(35)16(3)33)14-37-18-8-9-19(28)20(29)12-18/h9-10,13,16-18,22-24H,8,11-12,14-15H2,1-7H3,(H,31,37)(H,32,35);9-10,13,16-18,22-24H,6-8,11-12,14-15H2,1-5H3,(H,31,34);9-10,13,16-17,21-23H,8,11-12,14-15H2,1-7H3,(H,30,34);8-9,12,15,17,21-23H,7,10-11,13-14H2,1-6H3,(H,30,34)/t17-,18-,22-,23-,24-;16-,18-,22-,23-,24-;16-,17-,21-,22-,23-;15-,17-,21-,22-,23-/m1111/s1. The number of hydrogen-bond acceptors (Lipinski definition) is 17. The fourth-order valence-corrected chi connectivity index (χ4v) is 21.0. The Kier molecular flexibility index (Phi) is 40.1. The summed E-state index contributed by atoms with van der Waals surface area (Å²) < 4.78 is 132. The zero-order chi connectivity index (χ0) is 111. The van der Waals surface area contributed by atoms with Gasteiger partial charge in [-0.3, -0.25) is 52.7 Å². The highest BCUT2D eigenvalue weighted by Gasteiger charge is 2.60. The molecule has 5 N–H and O–H groups in total. The van der Waals surface area contributed by atoms with Crippen molar-refractivity contribution in [2.24, 2.45) is 74.9 Å². The number of fused-ring (bicyclic) bond motifs is 4. The van der Waals surface area contributed by atoms with Gasteiger partial charge in [-0.1, -0.05) is 138 Å². The molecule has 149 heavy (non-hydrogen) atoms. The second kappa shape index (κ2) is 50.1. The Morgan fingerprint density at radius 2 is 0.577 bits per heavy atom. The van der Waals surface area contributed by atoms with Crippen LogP contribution in [0.1, 0.15) is 223 Å². The van der Waals surface area contributed by atoms with E-state index in [2.05, 4.69) is 26.6 Å². The first-order valence-electron chi connectivity index (χ1n) is 52.6. The molecule has 39 heteroatoms. The van der Waals surface area contributed by atoms with E-state index in [4.69, 9.17) is 18.9 Å². The Morgan fingerprint density at radius 3 is 0.812 bits per heavy atom. The number of hydrogen-bond donors (Lipinski definition) is 5. The van der Waals surface area contributed by atoms with Gasteiger partial charge in [-0.15, -0.1) is 0 Å². The molecule has 20 atom stereocenters. The lowest BCUT2D eigenvalue weighted by Gasteiger charge is -2.37. The molecule has 0 bridgehead atoms. The van der Waals surface area contributed by atoms with Gasteiger partial charge in [0, 0.05) is 157 Å². The van der Waals surface area contributed by atoms with E-state index >= 15 is 0 Å². The number of rotatable bonds is 31. The topological polar surface area (TPSA) is 348 Å². The Bertz CT molecular complexity index is 5280. The van der Waals surface area contributed by atoms with Gasteiger partial charge in [-0.05, 0) is 148 Å². The highest BCUT2D eigenvalue weighted by molar-refractivity contribution is 6.35. The number of ether oxygens (including phenoxy) is 4. The van der Waals surface area contributed by atoms with Crippen LogP contribution in [0.5, 0.6) is 23.0 Å². The summed E-state index contributed by atoms with van der Waals surface area (Å²) in [6.07, 6.45) is 6.75. The zero-order valence-electron chi connectivity index (χ0n) is 91.2. The number of benzene rings is 4. The summed E-state index contributed by atoms with van der Waals surface area (Å²) in [5.74, 6) is -11.8. The minimum Gasteiger partial charge on any atom is -0.493 e. The van der Waals surface area contributed by atoms with Crippen molar-refractivity contribution < 1.29 is 116 Å². The van der Waals surface area contributed by atoms with E-state index in [0.29, 0.717) is 97.2 Å². The highest BCUT2D eigenvalue weighted by atomic mass is 19.2. The van der Waals surface area contributed by atoms with E-state index in [0.717, 1.165) is 61.4 Å². The number of amides is 14. The summed E-state index contributed by atoms with van der Waals surface area (Å²) in [6.45, 7) is 46.4. The van der Waals surface area contributed by atoms with Gasteiger partial charge in [0.2, 0.25) is 58.9 Å². The molecule has 13 rings (SSSR count). The van der Waals surface area contributed by atoms with Crippen molar-refractivity contribution in [2.75, 3.05) is 92.9 Å². The third-order valence-corrected chi connectivity index (χ3v) is 30.4. The molecule has 9 fully saturated rings. The number of halogens is 8.